The number of hydrogen-bond donors (Lipinski definition) is 1. The Balaban J connectivity index is 2.07. The lowest BCUT2D eigenvalue weighted by Gasteiger charge is -2.23. The van der Waals surface area contributed by atoms with Crippen molar-refractivity contribution >= 4 is 15.7 Å². The molecule has 0 aliphatic rings. The summed E-state index contributed by atoms with van der Waals surface area (Å²) in [5.74, 6) is 0. The Morgan fingerprint density at radius 2 is 1.52 bits per heavy atom. The summed E-state index contributed by atoms with van der Waals surface area (Å²) in [6.45, 7) is 9.67. The standard InChI is InChI=1S/C21H25N3O2S/c1-15-20(16(2)24(22-15)17-11-7-6-8-12-17)27(25,26)23-19-14-10-9-13-18(19)21(3,4)5/h6-14,23H,1-5H3. The monoisotopic (exact) mass is 383 g/mol. The first-order chi connectivity index (χ1) is 12.6. The van der Waals surface area contributed by atoms with Crippen LogP contribution >= 0.6 is 0 Å². The number of sulfonamides is 1. The number of anilines is 1. The Labute approximate surface area is 161 Å². The number of hydrogen-bond acceptors (Lipinski definition) is 3. The molecule has 27 heavy (non-hydrogen) atoms. The van der Waals surface area contributed by atoms with Crippen LogP contribution in [0.25, 0.3) is 5.69 Å². The molecule has 0 radical (unpaired) electrons. The van der Waals surface area contributed by atoms with Crippen LogP contribution < -0.4 is 4.72 Å². The number of aryl methyl sites for hydroxylation is 1. The van der Waals surface area contributed by atoms with Gasteiger partial charge >= 0.3 is 0 Å². The van der Waals surface area contributed by atoms with Crippen LogP contribution in [-0.4, -0.2) is 18.2 Å². The van der Waals surface area contributed by atoms with Crippen molar-refractivity contribution in [1.29, 1.82) is 0 Å². The summed E-state index contributed by atoms with van der Waals surface area (Å²) in [6.07, 6.45) is 0. The van der Waals surface area contributed by atoms with Crippen LogP contribution in [0.2, 0.25) is 0 Å². The van der Waals surface area contributed by atoms with E-state index in [2.05, 4.69) is 30.6 Å². The number of para-hydroxylation sites is 2. The van der Waals surface area contributed by atoms with Crippen LogP contribution in [-0.2, 0) is 15.4 Å². The summed E-state index contributed by atoms with van der Waals surface area (Å²) in [5, 5.41) is 4.46. The third-order valence-electron chi connectivity index (χ3n) is 4.47. The second kappa shape index (κ2) is 6.85. The lowest BCUT2D eigenvalue weighted by molar-refractivity contribution is 0.590. The van der Waals surface area contributed by atoms with E-state index in [-0.39, 0.29) is 10.3 Å². The lowest BCUT2D eigenvalue weighted by atomic mass is 9.86. The molecule has 142 valence electrons. The van der Waals surface area contributed by atoms with E-state index in [1.807, 2.05) is 48.5 Å². The quantitative estimate of drug-likeness (QED) is 0.717. The van der Waals surface area contributed by atoms with Gasteiger partial charge in [-0.25, -0.2) is 13.1 Å². The molecule has 0 unspecified atom stereocenters. The van der Waals surface area contributed by atoms with Gasteiger partial charge in [0.1, 0.15) is 4.90 Å². The Hall–Kier alpha value is -2.60. The van der Waals surface area contributed by atoms with Crippen molar-refractivity contribution in [3.63, 3.8) is 0 Å². The van der Waals surface area contributed by atoms with Crippen molar-refractivity contribution in [3.05, 3.63) is 71.5 Å². The topological polar surface area (TPSA) is 64.0 Å². The molecular weight excluding hydrogens is 358 g/mol. The average Bonchev–Trinajstić information content (AvgIpc) is 2.90. The van der Waals surface area contributed by atoms with Crippen LogP contribution in [0.5, 0.6) is 0 Å². The normalized spacial score (nSPS) is 12.2. The molecule has 0 amide bonds. The molecular formula is C21H25N3O2S. The molecule has 5 nitrogen and oxygen atoms in total. The fourth-order valence-corrected chi connectivity index (χ4v) is 4.73. The molecule has 1 heterocycles. The van der Waals surface area contributed by atoms with Gasteiger partial charge in [-0.1, -0.05) is 57.2 Å². The van der Waals surface area contributed by atoms with E-state index in [0.717, 1.165) is 11.3 Å². The van der Waals surface area contributed by atoms with Gasteiger partial charge in [0.25, 0.3) is 10.0 Å². The van der Waals surface area contributed by atoms with Gasteiger partial charge in [0, 0.05) is 0 Å². The molecule has 0 aliphatic carbocycles. The van der Waals surface area contributed by atoms with Crippen molar-refractivity contribution in [2.45, 2.75) is 44.9 Å². The van der Waals surface area contributed by atoms with E-state index in [9.17, 15) is 8.42 Å². The van der Waals surface area contributed by atoms with E-state index in [1.54, 1.807) is 24.6 Å². The van der Waals surface area contributed by atoms with Gasteiger partial charge in [0.05, 0.1) is 22.8 Å². The summed E-state index contributed by atoms with van der Waals surface area (Å²) in [6, 6.07) is 17.0. The summed E-state index contributed by atoms with van der Waals surface area (Å²) in [5.41, 5.74) is 3.24. The van der Waals surface area contributed by atoms with Gasteiger partial charge in [0.2, 0.25) is 0 Å². The zero-order chi connectivity index (χ0) is 19.8. The van der Waals surface area contributed by atoms with Crippen LogP contribution in [0.1, 0.15) is 37.7 Å². The highest BCUT2D eigenvalue weighted by molar-refractivity contribution is 7.92. The first-order valence-corrected chi connectivity index (χ1v) is 10.3. The number of nitrogens with one attached hydrogen (secondary N) is 1. The van der Waals surface area contributed by atoms with Crippen molar-refractivity contribution in [1.82, 2.24) is 9.78 Å². The Morgan fingerprint density at radius 1 is 0.926 bits per heavy atom. The minimum absolute atomic E-state index is 0.183. The maximum absolute atomic E-state index is 13.2. The van der Waals surface area contributed by atoms with Gasteiger partial charge in [-0.2, -0.15) is 5.10 Å². The van der Waals surface area contributed by atoms with Crippen molar-refractivity contribution < 1.29 is 8.42 Å². The van der Waals surface area contributed by atoms with E-state index in [0.29, 0.717) is 17.1 Å². The highest BCUT2D eigenvalue weighted by Gasteiger charge is 2.27. The second-order valence-corrected chi connectivity index (χ2v) is 9.27. The van der Waals surface area contributed by atoms with E-state index >= 15 is 0 Å². The van der Waals surface area contributed by atoms with Gasteiger partial charge in [-0.3, -0.25) is 4.72 Å². The first kappa shape index (κ1) is 19.2. The van der Waals surface area contributed by atoms with E-state index in [1.165, 1.54) is 0 Å². The minimum atomic E-state index is -3.78. The number of aromatic nitrogens is 2. The van der Waals surface area contributed by atoms with Gasteiger partial charge in [0.15, 0.2) is 0 Å². The highest BCUT2D eigenvalue weighted by Crippen LogP contribution is 2.32. The predicted octanol–water partition coefficient (Wildman–Crippen LogP) is 4.59. The van der Waals surface area contributed by atoms with Gasteiger partial charge < -0.3 is 0 Å². The lowest BCUT2D eigenvalue weighted by Crippen LogP contribution is -2.20. The largest absolute Gasteiger partial charge is 0.279 e. The molecule has 1 N–H and O–H groups in total. The molecule has 0 saturated heterocycles. The summed E-state index contributed by atoms with van der Waals surface area (Å²) in [7, 11) is -3.78. The van der Waals surface area contributed by atoms with Crippen LogP contribution in [0.4, 0.5) is 5.69 Å². The SMILES string of the molecule is Cc1nn(-c2ccccc2)c(C)c1S(=O)(=O)Nc1ccccc1C(C)(C)C. The summed E-state index contributed by atoms with van der Waals surface area (Å²) >= 11 is 0. The third-order valence-corrected chi connectivity index (χ3v) is 6.09. The Morgan fingerprint density at radius 3 is 2.15 bits per heavy atom. The Bertz CT molecular complexity index is 1060. The van der Waals surface area contributed by atoms with Crippen LogP contribution in [0.15, 0.2) is 59.5 Å². The molecule has 0 aliphatic heterocycles. The fourth-order valence-electron chi connectivity index (χ4n) is 3.26. The van der Waals surface area contributed by atoms with Crippen LogP contribution in [0, 0.1) is 13.8 Å². The van der Waals surface area contributed by atoms with Crippen LogP contribution in [0.3, 0.4) is 0 Å². The molecule has 0 saturated carbocycles. The van der Waals surface area contributed by atoms with Gasteiger partial charge in [-0.05, 0) is 43.0 Å². The van der Waals surface area contributed by atoms with Crippen molar-refractivity contribution in [2.75, 3.05) is 4.72 Å². The highest BCUT2D eigenvalue weighted by atomic mass is 32.2. The minimum Gasteiger partial charge on any atom is -0.279 e. The number of benzene rings is 2. The molecule has 0 atom stereocenters. The molecule has 0 fully saturated rings. The van der Waals surface area contributed by atoms with E-state index in [4.69, 9.17) is 0 Å². The zero-order valence-electron chi connectivity index (χ0n) is 16.3. The third kappa shape index (κ3) is 3.76. The average molecular weight is 384 g/mol. The molecule has 3 rings (SSSR count). The fraction of sp³-hybridized carbons (Fsp3) is 0.286. The molecule has 3 aromatic rings. The number of nitrogens with zero attached hydrogens (tertiary/aromatic N) is 2. The maximum Gasteiger partial charge on any atom is 0.265 e. The molecule has 6 heteroatoms. The number of rotatable bonds is 4. The molecule has 0 bridgehead atoms. The zero-order valence-corrected chi connectivity index (χ0v) is 17.1. The molecule has 1 aromatic heterocycles. The second-order valence-electron chi connectivity index (χ2n) is 7.65. The predicted molar refractivity (Wildman–Crippen MR) is 109 cm³/mol. The Kier molecular flexibility index (Phi) is 4.86. The van der Waals surface area contributed by atoms with E-state index < -0.39 is 10.0 Å². The smallest absolute Gasteiger partial charge is 0.265 e. The van der Waals surface area contributed by atoms with Crippen molar-refractivity contribution in [2.24, 2.45) is 0 Å². The van der Waals surface area contributed by atoms with Crippen molar-refractivity contribution in [3.8, 4) is 5.69 Å². The summed E-state index contributed by atoms with van der Waals surface area (Å²) in [4.78, 5) is 0.218. The first-order valence-electron chi connectivity index (χ1n) is 8.85. The van der Waals surface area contributed by atoms with Gasteiger partial charge in [-0.15, -0.1) is 0 Å². The molecule has 0 spiro atoms. The molecule has 2 aromatic carbocycles. The maximum atomic E-state index is 13.2. The summed E-state index contributed by atoms with van der Waals surface area (Å²) < 4.78 is 30.8.